The maximum atomic E-state index is 11.5. The molecule has 0 aliphatic heterocycles. The van der Waals surface area contributed by atoms with Crippen molar-refractivity contribution in [3.63, 3.8) is 0 Å². The molecule has 92 valence electrons. The van der Waals surface area contributed by atoms with Crippen molar-refractivity contribution in [1.82, 2.24) is 0 Å². The van der Waals surface area contributed by atoms with Gasteiger partial charge in [0.15, 0.2) is 0 Å². The molecule has 0 amide bonds. The van der Waals surface area contributed by atoms with Crippen molar-refractivity contribution in [3.05, 3.63) is 11.1 Å². The van der Waals surface area contributed by atoms with Gasteiger partial charge >= 0.3 is 12.1 Å². The van der Waals surface area contributed by atoms with Crippen molar-refractivity contribution in [2.75, 3.05) is 6.61 Å². The van der Waals surface area contributed by atoms with Gasteiger partial charge in [-0.3, -0.25) is 0 Å². The zero-order chi connectivity index (χ0) is 13.0. The van der Waals surface area contributed by atoms with Gasteiger partial charge < -0.3 is 4.74 Å². The highest BCUT2D eigenvalue weighted by atomic mass is 16.5. The van der Waals surface area contributed by atoms with Crippen LogP contribution in [0.4, 0.5) is 0 Å². The lowest BCUT2D eigenvalue weighted by Gasteiger charge is -2.09. The Hall–Kier alpha value is -1.41. The molecule has 0 radical (unpaired) electrons. The molecule has 0 bridgehead atoms. The Kier molecular flexibility index (Phi) is 12.4. The fourth-order valence-corrected chi connectivity index (χ4v) is 1.43. The second kappa shape index (κ2) is 11.7. The highest BCUT2D eigenvalue weighted by molar-refractivity contribution is 5.89. The number of hydrogen-bond donors (Lipinski definition) is 0. The van der Waals surface area contributed by atoms with E-state index in [9.17, 15) is 4.79 Å². The highest BCUT2D eigenvalue weighted by Gasteiger charge is 2.11. The Balaban J connectivity index is 0. The van der Waals surface area contributed by atoms with Crippen LogP contribution in [-0.4, -0.2) is 18.7 Å². The number of carbonyl (C=O) groups excluding carboxylic acids is 3. The number of carbonyl (C=O) groups is 1. The SMILES string of the molecule is CCOC(=O)C(CC)=C(CC)CC.O=C=O. The van der Waals surface area contributed by atoms with Gasteiger partial charge in [-0.1, -0.05) is 26.3 Å². The molecule has 0 unspecified atom stereocenters. The van der Waals surface area contributed by atoms with Gasteiger partial charge in [0.2, 0.25) is 0 Å². The molecule has 0 saturated carbocycles. The number of hydrogen-bond acceptors (Lipinski definition) is 4. The molecule has 0 aromatic carbocycles. The van der Waals surface area contributed by atoms with Gasteiger partial charge in [-0.15, -0.1) is 0 Å². The minimum Gasteiger partial charge on any atom is -0.463 e. The molecule has 0 fully saturated rings. The smallest absolute Gasteiger partial charge is 0.373 e. The van der Waals surface area contributed by atoms with Crippen molar-refractivity contribution in [3.8, 4) is 0 Å². The van der Waals surface area contributed by atoms with Gasteiger partial charge in [0.25, 0.3) is 0 Å². The van der Waals surface area contributed by atoms with Gasteiger partial charge in [0, 0.05) is 5.57 Å². The third-order valence-electron chi connectivity index (χ3n) is 2.16. The standard InChI is InChI=1S/C11H20O2.CO2/c1-5-9(6-2)10(7-3)11(12)13-8-4;2-1-3/h5-8H2,1-4H3;. The van der Waals surface area contributed by atoms with E-state index in [1.807, 2.05) is 13.8 Å². The quantitative estimate of drug-likeness (QED) is 0.535. The molecule has 0 aromatic rings. The Bertz CT molecular complexity index is 254. The van der Waals surface area contributed by atoms with Crippen LogP contribution in [0.1, 0.15) is 47.0 Å². The molecular weight excluding hydrogens is 208 g/mol. The Labute approximate surface area is 96.7 Å². The lowest BCUT2D eigenvalue weighted by atomic mass is 10.0. The first-order valence-corrected chi connectivity index (χ1v) is 5.49. The van der Waals surface area contributed by atoms with E-state index in [2.05, 4.69) is 13.8 Å². The number of rotatable bonds is 5. The summed E-state index contributed by atoms with van der Waals surface area (Å²) in [6, 6.07) is 0. The molecule has 4 heteroatoms. The van der Waals surface area contributed by atoms with Gasteiger partial charge in [-0.2, -0.15) is 9.59 Å². The van der Waals surface area contributed by atoms with Crippen molar-refractivity contribution in [1.29, 1.82) is 0 Å². The van der Waals surface area contributed by atoms with E-state index in [4.69, 9.17) is 14.3 Å². The molecule has 0 aromatic heterocycles. The molecule has 0 atom stereocenters. The lowest BCUT2D eigenvalue weighted by molar-refractivity contribution is -0.191. The number of esters is 1. The minimum absolute atomic E-state index is 0.135. The third-order valence-corrected chi connectivity index (χ3v) is 2.16. The first kappa shape index (κ1) is 17.0. The molecule has 0 heterocycles. The van der Waals surface area contributed by atoms with Crippen molar-refractivity contribution in [2.24, 2.45) is 0 Å². The van der Waals surface area contributed by atoms with E-state index in [0.29, 0.717) is 6.61 Å². The summed E-state index contributed by atoms with van der Waals surface area (Å²) in [5.74, 6) is -0.135. The van der Waals surface area contributed by atoms with Crippen LogP contribution in [0.2, 0.25) is 0 Å². The second-order valence-electron chi connectivity index (χ2n) is 2.95. The molecule has 0 saturated heterocycles. The van der Waals surface area contributed by atoms with Gasteiger partial charge in [-0.25, -0.2) is 4.79 Å². The van der Waals surface area contributed by atoms with Gasteiger partial charge in [-0.05, 0) is 26.2 Å². The van der Waals surface area contributed by atoms with E-state index >= 15 is 0 Å². The summed E-state index contributed by atoms with van der Waals surface area (Å²) in [6.07, 6.45) is 2.91. The van der Waals surface area contributed by atoms with Crippen LogP contribution in [0.25, 0.3) is 0 Å². The summed E-state index contributed by atoms with van der Waals surface area (Å²) in [4.78, 5) is 27.7. The zero-order valence-corrected chi connectivity index (χ0v) is 10.5. The average Bonchev–Trinajstić information content (AvgIpc) is 2.26. The third kappa shape index (κ3) is 6.96. The van der Waals surface area contributed by atoms with E-state index in [1.54, 1.807) is 0 Å². The van der Waals surface area contributed by atoms with Crippen LogP contribution >= 0.6 is 0 Å². The molecule has 0 N–H and O–H groups in total. The highest BCUT2D eigenvalue weighted by Crippen LogP contribution is 2.16. The van der Waals surface area contributed by atoms with E-state index in [-0.39, 0.29) is 12.1 Å². The van der Waals surface area contributed by atoms with E-state index in [0.717, 1.165) is 24.8 Å². The first-order valence-electron chi connectivity index (χ1n) is 5.49. The zero-order valence-electron chi connectivity index (χ0n) is 10.5. The predicted octanol–water partition coefficient (Wildman–Crippen LogP) is 2.49. The van der Waals surface area contributed by atoms with Crippen LogP contribution in [0, 0.1) is 0 Å². The molecule has 4 nitrogen and oxygen atoms in total. The number of ether oxygens (including phenoxy) is 1. The Morgan fingerprint density at radius 2 is 1.44 bits per heavy atom. The lowest BCUT2D eigenvalue weighted by Crippen LogP contribution is -2.09. The van der Waals surface area contributed by atoms with Gasteiger partial charge in [0.1, 0.15) is 0 Å². The fourth-order valence-electron chi connectivity index (χ4n) is 1.43. The summed E-state index contributed by atoms with van der Waals surface area (Å²) in [5.41, 5.74) is 2.09. The fraction of sp³-hybridized carbons (Fsp3) is 0.667. The largest absolute Gasteiger partial charge is 0.463 e. The van der Waals surface area contributed by atoms with Crippen molar-refractivity contribution >= 4 is 12.1 Å². The van der Waals surface area contributed by atoms with Gasteiger partial charge in [0.05, 0.1) is 6.61 Å². The van der Waals surface area contributed by atoms with Crippen LogP contribution in [0.3, 0.4) is 0 Å². The van der Waals surface area contributed by atoms with Crippen LogP contribution in [-0.2, 0) is 19.1 Å². The van der Waals surface area contributed by atoms with Crippen molar-refractivity contribution in [2.45, 2.75) is 47.0 Å². The van der Waals surface area contributed by atoms with E-state index < -0.39 is 0 Å². The van der Waals surface area contributed by atoms with Crippen LogP contribution in [0.5, 0.6) is 0 Å². The predicted molar refractivity (Wildman–Crippen MR) is 59.5 cm³/mol. The molecule has 0 aliphatic carbocycles. The summed E-state index contributed by atoms with van der Waals surface area (Å²) < 4.78 is 4.98. The first-order chi connectivity index (χ1) is 7.62. The Morgan fingerprint density at radius 1 is 1.00 bits per heavy atom. The maximum Gasteiger partial charge on any atom is 0.373 e. The summed E-state index contributed by atoms with van der Waals surface area (Å²) in [7, 11) is 0. The topological polar surface area (TPSA) is 60.4 Å². The maximum absolute atomic E-state index is 11.5. The monoisotopic (exact) mass is 228 g/mol. The summed E-state index contributed by atoms with van der Waals surface area (Å²) in [6.45, 7) is 8.45. The van der Waals surface area contributed by atoms with Crippen LogP contribution in [0.15, 0.2) is 11.1 Å². The molecule has 0 spiro atoms. The normalized spacial score (nSPS) is 8.25. The average molecular weight is 228 g/mol. The summed E-state index contributed by atoms with van der Waals surface area (Å²) in [5, 5.41) is 0. The summed E-state index contributed by atoms with van der Waals surface area (Å²) >= 11 is 0. The molecule has 0 rings (SSSR count). The number of allylic oxidation sites excluding steroid dienone is 1. The molecule has 16 heavy (non-hydrogen) atoms. The van der Waals surface area contributed by atoms with Crippen LogP contribution < -0.4 is 0 Å². The van der Waals surface area contributed by atoms with E-state index in [1.165, 1.54) is 5.57 Å². The second-order valence-corrected chi connectivity index (χ2v) is 2.95. The minimum atomic E-state index is -0.135. The molecule has 0 aliphatic rings. The van der Waals surface area contributed by atoms with Crippen molar-refractivity contribution < 1.29 is 19.1 Å². The Morgan fingerprint density at radius 3 is 1.69 bits per heavy atom. The molecular formula is C12H20O4.